The molecular weight excluding hydrogens is 330 g/mol. The Kier molecular flexibility index (Phi) is 5.09. The summed E-state index contributed by atoms with van der Waals surface area (Å²) in [6.45, 7) is 0.200. The molecule has 21 heavy (non-hydrogen) atoms. The van der Waals surface area contributed by atoms with E-state index in [0.29, 0.717) is 11.3 Å². The Labute approximate surface area is 131 Å². The number of nitrogens with two attached hydrogens (primary N) is 1. The third kappa shape index (κ3) is 3.69. The molecule has 1 atom stereocenters. The van der Waals surface area contributed by atoms with Gasteiger partial charge in [0, 0.05) is 11.0 Å². The normalized spacial score (nSPS) is 11.5. The van der Waals surface area contributed by atoms with Gasteiger partial charge in [0.05, 0.1) is 17.2 Å². The molecule has 2 aromatic rings. The van der Waals surface area contributed by atoms with Crippen LogP contribution in [0, 0.1) is 11.3 Å². The first-order valence-electron chi connectivity index (χ1n) is 6.41. The van der Waals surface area contributed by atoms with Crippen molar-refractivity contribution in [2.24, 2.45) is 5.73 Å². The van der Waals surface area contributed by atoms with Gasteiger partial charge in [0.1, 0.15) is 6.07 Å². The fourth-order valence-corrected chi connectivity index (χ4v) is 2.38. The van der Waals surface area contributed by atoms with E-state index in [1.54, 1.807) is 18.2 Å². The van der Waals surface area contributed by atoms with Crippen LogP contribution in [0.15, 0.2) is 53.0 Å². The molecule has 0 fully saturated rings. The molecule has 0 bridgehead atoms. The summed E-state index contributed by atoms with van der Waals surface area (Å²) in [6, 6.07) is 16.5. The number of hydrogen-bond acceptors (Lipinski definition) is 3. The topological polar surface area (TPSA) is 78.9 Å². The molecule has 0 aromatic heterocycles. The summed E-state index contributed by atoms with van der Waals surface area (Å²) < 4.78 is 0.792. The van der Waals surface area contributed by atoms with Crippen molar-refractivity contribution in [2.45, 2.75) is 5.92 Å². The van der Waals surface area contributed by atoms with Gasteiger partial charge in [-0.3, -0.25) is 4.79 Å². The number of anilines is 1. The summed E-state index contributed by atoms with van der Waals surface area (Å²) >= 11 is 3.33. The fourth-order valence-electron chi connectivity index (χ4n) is 2.02. The molecule has 0 saturated carbocycles. The minimum absolute atomic E-state index is 0.200. The molecule has 3 N–H and O–H groups in total. The van der Waals surface area contributed by atoms with E-state index >= 15 is 0 Å². The van der Waals surface area contributed by atoms with E-state index in [1.807, 2.05) is 30.3 Å². The molecule has 4 nitrogen and oxygen atoms in total. The van der Waals surface area contributed by atoms with Gasteiger partial charge in [-0.1, -0.05) is 46.3 Å². The number of carbonyl (C=O) groups excluding carboxylic acids is 1. The highest BCUT2D eigenvalue weighted by Crippen LogP contribution is 2.23. The molecule has 106 valence electrons. The zero-order chi connectivity index (χ0) is 15.2. The van der Waals surface area contributed by atoms with Crippen molar-refractivity contribution in [1.82, 2.24) is 0 Å². The summed E-state index contributed by atoms with van der Waals surface area (Å²) in [6.07, 6.45) is 0. The number of nitrogens with one attached hydrogen (secondary N) is 1. The average molecular weight is 344 g/mol. The van der Waals surface area contributed by atoms with Crippen LogP contribution in [0.4, 0.5) is 5.69 Å². The molecule has 0 saturated heterocycles. The lowest BCUT2D eigenvalue weighted by Crippen LogP contribution is -2.27. The lowest BCUT2D eigenvalue weighted by atomic mass is 9.98. The van der Waals surface area contributed by atoms with Crippen molar-refractivity contribution >= 4 is 27.5 Å². The van der Waals surface area contributed by atoms with Crippen LogP contribution in [0.5, 0.6) is 0 Å². The van der Waals surface area contributed by atoms with Crippen molar-refractivity contribution in [3.63, 3.8) is 0 Å². The fraction of sp³-hybridized carbons (Fsp3) is 0.125. The predicted octanol–water partition coefficient (Wildman–Crippen LogP) is 3.00. The van der Waals surface area contributed by atoms with E-state index in [4.69, 9.17) is 11.0 Å². The first-order chi connectivity index (χ1) is 10.2. The van der Waals surface area contributed by atoms with E-state index in [-0.39, 0.29) is 12.5 Å². The second-order valence-electron chi connectivity index (χ2n) is 4.49. The van der Waals surface area contributed by atoms with Crippen LogP contribution in [0.1, 0.15) is 17.0 Å². The van der Waals surface area contributed by atoms with E-state index in [1.165, 1.54) is 0 Å². The molecule has 1 amide bonds. The van der Waals surface area contributed by atoms with Crippen LogP contribution in [0.3, 0.4) is 0 Å². The Bertz CT molecular complexity index is 680. The number of halogens is 1. The molecule has 2 rings (SSSR count). The lowest BCUT2D eigenvalue weighted by Gasteiger charge is -2.16. The second-order valence-corrected chi connectivity index (χ2v) is 5.41. The quantitative estimate of drug-likeness (QED) is 0.895. The number of hydrogen-bond donors (Lipinski definition) is 2. The van der Waals surface area contributed by atoms with E-state index in [0.717, 1.165) is 10.0 Å². The standard InChI is InChI=1S/C16H14BrN3O/c17-13-7-6-12(9-18)15(8-13)20-16(21)14(10-19)11-4-2-1-3-5-11/h1-8,14H,10,19H2,(H,20,21). The van der Waals surface area contributed by atoms with Crippen molar-refractivity contribution < 1.29 is 4.79 Å². The molecule has 0 aliphatic carbocycles. The zero-order valence-electron chi connectivity index (χ0n) is 11.2. The molecule has 5 heteroatoms. The van der Waals surface area contributed by atoms with Gasteiger partial charge in [0.15, 0.2) is 0 Å². The largest absolute Gasteiger partial charge is 0.329 e. The first kappa shape index (κ1) is 15.2. The summed E-state index contributed by atoms with van der Waals surface area (Å²) in [5, 5.41) is 11.9. The van der Waals surface area contributed by atoms with Crippen molar-refractivity contribution in [3.05, 3.63) is 64.1 Å². The number of amides is 1. The Morgan fingerprint density at radius 2 is 2.00 bits per heavy atom. The minimum atomic E-state index is -0.447. The average Bonchev–Trinajstić information content (AvgIpc) is 2.49. The maximum absolute atomic E-state index is 12.4. The summed E-state index contributed by atoms with van der Waals surface area (Å²) in [5.74, 6) is -0.671. The van der Waals surface area contributed by atoms with Gasteiger partial charge in [-0.2, -0.15) is 5.26 Å². The summed E-state index contributed by atoms with van der Waals surface area (Å²) in [7, 11) is 0. The summed E-state index contributed by atoms with van der Waals surface area (Å²) in [4.78, 5) is 12.4. The van der Waals surface area contributed by atoms with E-state index in [9.17, 15) is 4.79 Å². The molecule has 0 aliphatic rings. The molecule has 1 unspecified atom stereocenters. The Morgan fingerprint density at radius 1 is 1.29 bits per heavy atom. The predicted molar refractivity (Wildman–Crippen MR) is 85.7 cm³/mol. The maximum Gasteiger partial charge on any atom is 0.233 e. The molecule has 0 radical (unpaired) electrons. The lowest BCUT2D eigenvalue weighted by molar-refractivity contribution is -0.117. The molecular formula is C16H14BrN3O. The zero-order valence-corrected chi connectivity index (χ0v) is 12.8. The number of nitriles is 1. The Hall–Kier alpha value is -2.16. The highest BCUT2D eigenvalue weighted by atomic mass is 79.9. The third-order valence-corrected chi connectivity index (χ3v) is 3.61. The molecule has 0 heterocycles. The highest BCUT2D eigenvalue weighted by Gasteiger charge is 2.19. The van der Waals surface area contributed by atoms with E-state index in [2.05, 4.69) is 27.3 Å². The highest BCUT2D eigenvalue weighted by molar-refractivity contribution is 9.10. The van der Waals surface area contributed by atoms with Crippen LogP contribution < -0.4 is 11.1 Å². The van der Waals surface area contributed by atoms with Gasteiger partial charge in [-0.05, 0) is 23.8 Å². The second kappa shape index (κ2) is 7.02. The van der Waals surface area contributed by atoms with Gasteiger partial charge in [-0.15, -0.1) is 0 Å². The van der Waals surface area contributed by atoms with E-state index < -0.39 is 5.92 Å². The van der Waals surface area contributed by atoms with Gasteiger partial charge < -0.3 is 11.1 Å². The van der Waals surface area contributed by atoms with Crippen LogP contribution in [0.25, 0.3) is 0 Å². The maximum atomic E-state index is 12.4. The van der Waals surface area contributed by atoms with Crippen LogP contribution in [-0.4, -0.2) is 12.5 Å². The molecule has 2 aromatic carbocycles. The van der Waals surface area contributed by atoms with Gasteiger partial charge in [0.25, 0.3) is 0 Å². The number of benzene rings is 2. The Morgan fingerprint density at radius 3 is 2.62 bits per heavy atom. The van der Waals surface area contributed by atoms with Crippen molar-refractivity contribution in [3.8, 4) is 6.07 Å². The SMILES string of the molecule is N#Cc1ccc(Br)cc1NC(=O)C(CN)c1ccccc1. The molecule has 0 spiro atoms. The number of carbonyl (C=O) groups is 1. The number of rotatable bonds is 4. The summed E-state index contributed by atoms with van der Waals surface area (Å²) in [5.41, 5.74) is 7.47. The van der Waals surface area contributed by atoms with Crippen molar-refractivity contribution in [1.29, 1.82) is 5.26 Å². The van der Waals surface area contributed by atoms with Crippen LogP contribution in [0.2, 0.25) is 0 Å². The Balaban J connectivity index is 2.25. The van der Waals surface area contributed by atoms with Crippen LogP contribution in [-0.2, 0) is 4.79 Å². The smallest absolute Gasteiger partial charge is 0.233 e. The first-order valence-corrected chi connectivity index (χ1v) is 7.20. The molecule has 0 aliphatic heterocycles. The van der Waals surface area contributed by atoms with Crippen molar-refractivity contribution in [2.75, 3.05) is 11.9 Å². The minimum Gasteiger partial charge on any atom is -0.329 e. The van der Waals surface area contributed by atoms with Gasteiger partial charge in [0.2, 0.25) is 5.91 Å². The van der Waals surface area contributed by atoms with Gasteiger partial charge >= 0.3 is 0 Å². The van der Waals surface area contributed by atoms with Gasteiger partial charge in [-0.25, -0.2) is 0 Å². The number of nitrogens with zero attached hydrogens (tertiary/aromatic N) is 1. The monoisotopic (exact) mass is 343 g/mol. The third-order valence-electron chi connectivity index (χ3n) is 3.11. The van der Waals surface area contributed by atoms with Crippen LogP contribution >= 0.6 is 15.9 Å².